The van der Waals surface area contributed by atoms with Crippen LogP contribution in [0.3, 0.4) is 0 Å². The van der Waals surface area contributed by atoms with Gasteiger partial charge in [0, 0.05) is 17.2 Å². The van der Waals surface area contributed by atoms with Crippen LogP contribution in [0.4, 0.5) is 17.1 Å². The number of hydrogen-bond acceptors (Lipinski definition) is 2. The highest BCUT2D eigenvalue weighted by Crippen LogP contribution is 2.55. The van der Waals surface area contributed by atoms with Gasteiger partial charge in [0.15, 0.2) is 0 Å². The van der Waals surface area contributed by atoms with Gasteiger partial charge in [-0.1, -0.05) is 251 Å². The standard InChI is InChI=1S/C82H79B2NO/c1-49-37-56(8)79(57(9)38-49)83(80-58(10)39-50(2)40-59(80)11)66-31-35-76(55(7)45-66)86-77-36-32-67(84(81-60(12)41-51(3)42-61(81)13)82-62(14)43-52(4)44-63(82)15)48-73(77)78-71-46-64(69-27-21-19-23-53(69)5)29-33-74(71)85(68-25-17-16-18-26-68)75-34-30-65(47-72(75)78)70-28-22-20-24-54(70)6/h16-48,78H,1-15H3. The average molecular weight is 1120 g/mol. The van der Waals surface area contributed by atoms with Crippen LogP contribution < -0.4 is 42.4 Å². The first kappa shape index (κ1) is 57.6. The minimum atomic E-state index is -0.271. The second kappa shape index (κ2) is 23.2. The van der Waals surface area contributed by atoms with Crippen molar-refractivity contribution in [2.75, 3.05) is 4.90 Å². The summed E-state index contributed by atoms with van der Waals surface area (Å²) in [6.45, 7) is 33.9. The minimum absolute atomic E-state index is 0.0331. The number of benzene rings is 11. The van der Waals surface area contributed by atoms with Gasteiger partial charge in [0.1, 0.15) is 11.5 Å². The fourth-order valence-corrected chi connectivity index (χ4v) is 15.3. The molecule has 1 heterocycles. The SMILES string of the molecule is Cc1cc(C)c(B(c2ccc(Oc3ccc(B(c4c(C)cc(C)cc4C)c4c(C)cc(C)cc4C)cc3C3c4cc(-c5ccccc5C)ccc4N(c4ccccc4)c4ccc(-c5ccccc5C)cc43)c(C)c2)c2c(C)cc(C)cc2C)c(C)c1. The monoisotopic (exact) mass is 1120 g/mol. The molecule has 0 atom stereocenters. The first-order chi connectivity index (χ1) is 41.3. The molecule has 0 N–H and O–H groups in total. The van der Waals surface area contributed by atoms with E-state index in [1.165, 1.54) is 144 Å². The molecule has 0 fully saturated rings. The summed E-state index contributed by atoms with van der Waals surface area (Å²) in [5.41, 5.74) is 38.9. The maximum absolute atomic E-state index is 7.73. The topological polar surface area (TPSA) is 12.5 Å². The van der Waals surface area contributed by atoms with Crippen molar-refractivity contribution >= 4 is 63.3 Å². The number of fused-ring (bicyclic) bond motifs is 2. The van der Waals surface area contributed by atoms with Crippen molar-refractivity contribution < 1.29 is 4.74 Å². The van der Waals surface area contributed by atoms with Crippen LogP contribution in [-0.2, 0) is 0 Å². The summed E-state index contributed by atoms with van der Waals surface area (Å²) in [4.78, 5) is 2.49. The van der Waals surface area contributed by atoms with Gasteiger partial charge in [-0.25, -0.2) is 0 Å². The van der Waals surface area contributed by atoms with Crippen LogP contribution >= 0.6 is 0 Å². The molecular formula is C82H79B2NO. The summed E-state index contributed by atoms with van der Waals surface area (Å²) in [7, 11) is 0. The van der Waals surface area contributed by atoms with Gasteiger partial charge in [-0.2, -0.15) is 0 Å². The Kier molecular flexibility index (Phi) is 15.5. The summed E-state index contributed by atoms with van der Waals surface area (Å²) in [5.74, 6) is 1.41. The largest absolute Gasteiger partial charge is 0.457 e. The van der Waals surface area contributed by atoms with Crippen molar-refractivity contribution in [1.29, 1.82) is 0 Å². The Morgan fingerprint density at radius 2 is 0.651 bits per heavy atom. The van der Waals surface area contributed by atoms with E-state index in [4.69, 9.17) is 4.74 Å². The third-order valence-corrected chi connectivity index (χ3v) is 18.6. The molecule has 0 aromatic heterocycles. The summed E-state index contributed by atoms with van der Waals surface area (Å²) in [6, 6.07) is 76.0. The van der Waals surface area contributed by atoms with Crippen molar-refractivity contribution in [3.63, 3.8) is 0 Å². The van der Waals surface area contributed by atoms with Crippen LogP contribution in [0.2, 0.25) is 0 Å². The van der Waals surface area contributed by atoms with Crippen molar-refractivity contribution in [2.45, 2.75) is 110 Å². The van der Waals surface area contributed by atoms with Crippen LogP contribution in [0.1, 0.15) is 106 Å². The first-order valence-electron chi connectivity index (χ1n) is 30.8. The molecule has 0 aliphatic carbocycles. The van der Waals surface area contributed by atoms with Crippen LogP contribution in [-0.4, -0.2) is 13.4 Å². The lowest BCUT2D eigenvalue weighted by molar-refractivity contribution is 0.472. The molecule has 4 heteroatoms. The summed E-state index contributed by atoms with van der Waals surface area (Å²) in [5, 5.41) is 0. The number of anilines is 3. The van der Waals surface area contributed by atoms with Gasteiger partial charge in [0.05, 0.1) is 11.4 Å². The van der Waals surface area contributed by atoms with Gasteiger partial charge >= 0.3 is 0 Å². The van der Waals surface area contributed by atoms with Gasteiger partial charge in [-0.05, 0) is 202 Å². The Labute approximate surface area is 513 Å². The van der Waals surface area contributed by atoms with Gasteiger partial charge < -0.3 is 9.64 Å². The predicted molar refractivity (Wildman–Crippen MR) is 372 cm³/mol. The van der Waals surface area contributed by atoms with Gasteiger partial charge in [0.2, 0.25) is 13.4 Å². The average Bonchev–Trinajstić information content (AvgIpc) is 0.822. The number of rotatable bonds is 12. The Bertz CT molecular complexity index is 4170. The highest BCUT2D eigenvalue weighted by atomic mass is 16.5. The van der Waals surface area contributed by atoms with Crippen LogP contribution in [0.5, 0.6) is 11.5 Å². The predicted octanol–water partition coefficient (Wildman–Crippen LogP) is 17.4. The molecule has 0 bridgehead atoms. The van der Waals surface area contributed by atoms with Crippen molar-refractivity contribution in [3.05, 3.63) is 300 Å². The third kappa shape index (κ3) is 10.6. The second-order valence-electron chi connectivity index (χ2n) is 25.3. The highest BCUT2D eigenvalue weighted by Gasteiger charge is 2.38. The van der Waals surface area contributed by atoms with E-state index in [1.54, 1.807) is 0 Å². The maximum Gasteiger partial charge on any atom is 0.242 e. The van der Waals surface area contributed by atoms with Gasteiger partial charge in [0.25, 0.3) is 0 Å². The highest BCUT2D eigenvalue weighted by molar-refractivity contribution is 6.97. The molecule has 0 spiro atoms. The normalized spacial score (nSPS) is 12.1. The number of ether oxygens (including phenoxy) is 1. The summed E-state index contributed by atoms with van der Waals surface area (Å²) < 4.78 is 7.73. The first-order valence-corrected chi connectivity index (χ1v) is 30.8. The molecule has 0 saturated carbocycles. The van der Waals surface area contributed by atoms with E-state index in [-0.39, 0.29) is 19.3 Å². The quantitative estimate of drug-likeness (QED) is 0.113. The van der Waals surface area contributed by atoms with E-state index in [2.05, 4.69) is 309 Å². The number of para-hydroxylation sites is 1. The zero-order chi connectivity index (χ0) is 60.4. The third-order valence-electron chi connectivity index (χ3n) is 18.6. The number of nitrogens with zero attached hydrogens (tertiary/aromatic N) is 1. The van der Waals surface area contributed by atoms with Crippen LogP contribution in [0, 0.1) is 104 Å². The van der Waals surface area contributed by atoms with Gasteiger partial charge in [-0.15, -0.1) is 0 Å². The molecule has 0 unspecified atom stereocenters. The maximum atomic E-state index is 7.73. The lowest BCUT2D eigenvalue weighted by Gasteiger charge is -2.39. The summed E-state index contributed by atoms with van der Waals surface area (Å²) >= 11 is 0. The molecule has 11 aromatic rings. The summed E-state index contributed by atoms with van der Waals surface area (Å²) in [6.07, 6.45) is 0. The Morgan fingerprint density at radius 3 is 1.03 bits per heavy atom. The van der Waals surface area contributed by atoms with E-state index < -0.39 is 0 Å². The molecule has 12 rings (SSSR count). The zero-order valence-corrected chi connectivity index (χ0v) is 53.1. The molecule has 11 aromatic carbocycles. The van der Waals surface area contributed by atoms with Crippen molar-refractivity contribution in [3.8, 4) is 33.8 Å². The van der Waals surface area contributed by atoms with Crippen LogP contribution in [0.25, 0.3) is 22.3 Å². The van der Waals surface area contributed by atoms with Gasteiger partial charge in [-0.3, -0.25) is 0 Å². The fourth-order valence-electron chi connectivity index (χ4n) is 15.3. The Hall–Kier alpha value is -8.85. The van der Waals surface area contributed by atoms with Crippen LogP contribution in [0.15, 0.2) is 200 Å². The van der Waals surface area contributed by atoms with Crippen molar-refractivity contribution in [1.82, 2.24) is 0 Å². The van der Waals surface area contributed by atoms with E-state index >= 15 is 0 Å². The molecule has 2 nitrogen and oxygen atoms in total. The lowest BCUT2D eigenvalue weighted by Crippen LogP contribution is -2.56. The van der Waals surface area contributed by atoms with E-state index in [0.717, 1.165) is 39.7 Å². The fraction of sp³-hybridized carbons (Fsp3) is 0.195. The molecule has 0 amide bonds. The smallest absolute Gasteiger partial charge is 0.242 e. The molecule has 0 radical (unpaired) electrons. The molecule has 86 heavy (non-hydrogen) atoms. The Balaban J connectivity index is 1.15. The molecule has 0 saturated heterocycles. The second-order valence-corrected chi connectivity index (χ2v) is 25.3. The number of aryl methyl sites for hydroxylation is 15. The van der Waals surface area contributed by atoms with E-state index in [9.17, 15) is 0 Å². The molecule has 424 valence electrons. The molecule has 1 aliphatic rings. The zero-order valence-electron chi connectivity index (χ0n) is 53.1. The molecular weight excluding hydrogens is 1040 g/mol. The molecule has 1 aliphatic heterocycles. The lowest BCUT2D eigenvalue weighted by atomic mass is 9.34. The Morgan fingerprint density at radius 1 is 0.291 bits per heavy atom. The van der Waals surface area contributed by atoms with E-state index in [1.807, 2.05) is 0 Å². The van der Waals surface area contributed by atoms with Crippen molar-refractivity contribution in [2.24, 2.45) is 0 Å². The number of hydrogen-bond donors (Lipinski definition) is 0. The van der Waals surface area contributed by atoms with E-state index in [0.29, 0.717) is 0 Å². The minimum Gasteiger partial charge on any atom is -0.457 e.